The summed E-state index contributed by atoms with van der Waals surface area (Å²) in [7, 11) is 0. The topological polar surface area (TPSA) is 52.6 Å². The van der Waals surface area contributed by atoms with Crippen LogP contribution in [0, 0.1) is 0 Å². The van der Waals surface area contributed by atoms with Crippen molar-refractivity contribution in [1.29, 1.82) is 0 Å². The molecule has 0 atom stereocenters. The number of unbranched alkanes of at least 4 members (excludes halogenated alkanes) is 1. The Morgan fingerprint density at radius 3 is 2.62 bits per heavy atom. The average molecular weight is 186 g/mol. The first-order valence-electron chi connectivity index (χ1n) is 4.10. The van der Waals surface area contributed by atoms with Gasteiger partial charge in [0.1, 0.15) is 0 Å². The third-order valence-electron chi connectivity index (χ3n) is 1.30. The Labute approximate surface area is 77.5 Å². The van der Waals surface area contributed by atoms with E-state index in [1.807, 2.05) is 0 Å². The monoisotopic (exact) mass is 186 g/mol. The van der Waals surface area contributed by atoms with Crippen LogP contribution in [0.25, 0.3) is 0 Å². The molecule has 0 saturated carbocycles. The number of ether oxygens (including phenoxy) is 2. The molecule has 0 spiro atoms. The second-order valence-corrected chi connectivity index (χ2v) is 2.45. The van der Waals surface area contributed by atoms with Gasteiger partial charge in [-0.3, -0.25) is 9.59 Å². The fourth-order valence-electron chi connectivity index (χ4n) is 0.739. The highest BCUT2D eigenvalue weighted by molar-refractivity contribution is 5.69. The molecule has 0 fully saturated rings. The van der Waals surface area contributed by atoms with E-state index in [4.69, 9.17) is 0 Å². The van der Waals surface area contributed by atoms with Crippen LogP contribution in [0.4, 0.5) is 0 Å². The summed E-state index contributed by atoms with van der Waals surface area (Å²) >= 11 is 0. The summed E-state index contributed by atoms with van der Waals surface area (Å²) in [6, 6.07) is 0. The number of carbonyl (C=O) groups excluding carboxylic acids is 2. The maximum absolute atomic E-state index is 10.7. The predicted molar refractivity (Wildman–Crippen MR) is 46.8 cm³/mol. The zero-order valence-electron chi connectivity index (χ0n) is 7.75. The molecule has 0 heterocycles. The van der Waals surface area contributed by atoms with Crippen LogP contribution < -0.4 is 0 Å². The smallest absolute Gasteiger partial charge is 0.310 e. The number of esters is 2. The highest BCUT2D eigenvalue weighted by atomic mass is 16.5. The van der Waals surface area contributed by atoms with Crippen molar-refractivity contribution >= 4 is 11.9 Å². The molecule has 0 aromatic heterocycles. The fourth-order valence-corrected chi connectivity index (χ4v) is 0.739. The van der Waals surface area contributed by atoms with E-state index >= 15 is 0 Å². The van der Waals surface area contributed by atoms with E-state index in [1.54, 1.807) is 0 Å². The molecule has 4 nitrogen and oxygen atoms in total. The Morgan fingerprint density at radius 1 is 1.38 bits per heavy atom. The van der Waals surface area contributed by atoms with E-state index in [1.165, 1.54) is 6.92 Å². The molecule has 74 valence electrons. The summed E-state index contributed by atoms with van der Waals surface area (Å²) in [5, 5.41) is 0. The quantitative estimate of drug-likeness (QED) is 0.357. The molecule has 0 saturated heterocycles. The van der Waals surface area contributed by atoms with Crippen molar-refractivity contribution in [3.63, 3.8) is 0 Å². The van der Waals surface area contributed by atoms with Crippen LogP contribution in [0.3, 0.4) is 0 Å². The summed E-state index contributed by atoms with van der Waals surface area (Å²) in [4.78, 5) is 21.1. The maximum atomic E-state index is 10.7. The zero-order valence-corrected chi connectivity index (χ0v) is 7.75. The molecule has 0 bridgehead atoms. The van der Waals surface area contributed by atoms with E-state index in [-0.39, 0.29) is 11.9 Å². The van der Waals surface area contributed by atoms with Gasteiger partial charge in [-0.15, -0.1) is 0 Å². The maximum Gasteiger partial charge on any atom is 0.310 e. The number of hydrogen-bond acceptors (Lipinski definition) is 4. The highest BCUT2D eigenvalue weighted by Gasteiger charge is 2.00. The van der Waals surface area contributed by atoms with Crippen molar-refractivity contribution in [2.75, 3.05) is 6.61 Å². The summed E-state index contributed by atoms with van der Waals surface area (Å²) in [6.07, 6.45) is 2.76. The van der Waals surface area contributed by atoms with Gasteiger partial charge in [-0.1, -0.05) is 6.58 Å². The predicted octanol–water partition coefficient (Wildman–Crippen LogP) is 1.41. The van der Waals surface area contributed by atoms with Gasteiger partial charge in [0.15, 0.2) is 0 Å². The molecule has 0 N–H and O–H groups in total. The molecular weight excluding hydrogens is 172 g/mol. The zero-order chi connectivity index (χ0) is 10.1. The summed E-state index contributed by atoms with van der Waals surface area (Å²) < 4.78 is 9.16. The number of rotatable bonds is 6. The molecule has 0 aliphatic carbocycles. The average Bonchev–Trinajstić information content (AvgIpc) is 2.03. The molecule has 0 radical (unpaired) electrons. The van der Waals surface area contributed by atoms with Crippen molar-refractivity contribution in [2.24, 2.45) is 0 Å². The van der Waals surface area contributed by atoms with Gasteiger partial charge in [0.2, 0.25) is 0 Å². The Bertz CT molecular complexity index is 186. The van der Waals surface area contributed by atoms with E-state index in [9.17, 15) is 9.59 Å². The van der Waals surface area contributed by atoms with Gasteiger partial charge in [-0.05, 0) is 12.8 Å². The van der Waals surface area contributed by atoms with Crippen molar-refractivity contribution in [2.45, 2.75) is 26.2 Å². The third-order valence-corrected chi connectivity index (χ3v) is 1.30. The normalized spacial score (nSPS) is 9.00. The lowest BCUT2D eigenvalue weighted by Crippen LogP contribution is -2.03. The SMILES string of the molecule is C=COC(=O)CCCCOC(C)=O. The minimum atomic E-state index is -0.308. The van der Waals surface area contributed by atoms with E-state index in [2.05, 4.69) is 16.1 Å². The van der Waals surface area contributed by atoms with Gasteiger partial charge >= 0.3 is 11.9 Å². The van der Waals surface area contributed by atoms with Crippen LogP contribution in [0.15, 0.2) is 12.8 Å². The minimum absolute atomic E-state index is 0.298. The standard InChI is InChI=1S/C9H14O4/c1-3-12-9(11)6-4-5-7-13-8(2)10/h3H,1,4-7H2,2H3. The van der Waals surface area contributed by atoms with Crippen LogP contribution in [0.5, 0.6) is 0 Å². The second kappa shape index (κ2) is 7.34. The molecule has 0 aromatic rings. The van der Waals surface area contributed by atoms with Crippen molar-refractivity contribution in [1.82, 2.24) is 0 Å². The van der Waals surface area contributed by atoms with Gasteiger partial charge in [0.05, 0.1) is 12.9 Å². The third kappa shape index (κ3) is 8.59. The lowest BCUT2D eigenvalue weighted by molar-refractivity contribution is -0.141. The molecule has 13 heavy (non-hydrogen) atoms. The van der Waals surface area contributed by atoms with Gasteiger partial charge in [0, 0.05) is 13.3 Å². The largest absolute Gasteiger partial charge is 0.466 e. The molecule has 0 aliphatic rings. The van der Waals surface area contributed by atoms with Crippen LogP contribution in [0.2, 0.25) is 0 Å². The Hall–Kier alpha value is -1.32. The highest BCUT2D eigenvalue weighted by Crippen LogP contribution is 1.98. The van der Waals surface area contributed by atoms with Crippen LogP contribution >= 0.6 is 0 Å². The first-order valence-corrected chi connectivity index (χ1v) is 4.10. The Balaban J connectivity index is 3.20. The summed E-state index contributed by atoms with van der Waals surface area (Å²) in [5.74, 6) is -0.605. The lowest BCUT2D eigenvalue weighted by Gasteiger charge is -2.00. The van der Waals surface area contributed by atoms with Crippen LogP contribution in [-0.4, -0.2) is 18.5 Å². The molecule has 0 amide bonds. The number of carbonyl (C=O) groups is 2. The Morgan fingerprint density at radius 2 is 2.08 bits per heavy atom. The summed E-state index contributed by atoms with van der Waals surface area (Å²) in [5.41, 5.74) is 0. The lowest BCUT2D eigenvalue weighted by atomic mass is 10.2. The first-order chi connectivity index (χ1) is 6.16. The van der Waals surface area contributed by atoms with E-state index in [0.29, 0.717) is 25.9 Å². The molecule has 0 aliphatic heterocycles. The fraction of sp³-hybridized carbons (Fsp3) is 0.556. The van der Waals surface area contributed by atoms with Gasteiger partial charge in [-0.2, -0.15) is 0 Å². The van der Waals surface area contributed by atoms with Crippen LogP contribution in [-0.2, 0) is 19.1 Å². The van der Waals surface area contributed by atoms with Crippen molar-refractivity contribution in [3.8, 4) is 0 Å². The molecular formula is C9H14O4. The van der Waals surface area contributed by atoms with Gasteiger partial charge in [0.25, 0.3) is 0 Å². The Kier molecular flexibility index (Phi) is 6.59. The summed E-state index contributed by atoms with van der Waals surface area (Å²) in [6.45, 7) is 4.97. The van der Waals surface area contributed by atoms with E-state index < -0.39 is 0 Å². The first kappa shape index (κ1) is 11.7. The molecule has 0 rings (SSSR count). The van der Waals surface area contributed by atoms with Crippen molar-refractivity contribution < 1.29 is 19.1 Å². The van der Waals surface area contributed by atoms with Crippen molar-refractivity contribution in [3.05, 3.63) is 12.8 Å². The molecule has 4 heteroatoms. The molecule has 0 unspecified atom stereocenters. The number of hydrogen-bond donors (Lipinski definition) is 0. The van der Waals surface area contributed by atoms with Crippen LogP contribution in [0.1, 0.15) is 26.2 Å². The second-order valence-electron chi connectivity index (χ2n) is 2.45. The minimum Gasteiger partial charge on any atom is -0.466 e. The molecule has 0 aromatic carbocycles. The van der Waals surface area contributed by atoms with Gasteiger partial charge in [-0.25, -0.2) is 0 Å². The van der Waals surface area contributed by atoms with Gasteiger partial charge < -0.3 is 9.47 Å². The van der Waals surface area contributed by atoms with E-state index in [0.717, 1.165) is 6.26 Å².